The van der Waals surface area contributed by atoms with E-state index < -0.39 is 8.96 Å². The Balaban J connectivity index is 4.08. The molecular formula is C11H25NSi. The lowest BCUT2D eigenvalue weighted by Gasteiger charge is -2.18. The molecule has 0 rings (SSSR count). The average molecular weight is 199 g/mol. The van der Waals surface area contributed by atoms with Crippen LogP contribution in [-0.4, -0.2) is 15.5 Å². The first-order valence-corrected chi connectivity index (χ1v) is 7.44. The lowest BCUT2D eigenvalue weighted by molar-refractivity contribution is 0.814. The quantitative estimate of drug-likeness (QED) is 0.649. The normalized spacial score (nSPS) is 16.8. The molecule has 1 N–H and O–H groups in total. The predicted octanol–water partition coefficient (Wildman–Crippen LogP) is 2.87. The van der Waals surface area contributed by atoms with Gasteiger partial charge in [-0.25, -0.2) is 0 Å². The highest BCUT2D eigenvalue weighted by Crippen LogP contribution is 2.13. The molecule has 1 nitrogen and oxygen atoms in total. The Hall–Kier alpha value is -0.0831. The maximum Gasteiger partial charge on any atom is 0.136 e. The molecule has 2 unspecified atom stereocenters. The molecule has 0 aromatic heterocycles. The Morgan fingerprint density at radius 2 is 1.85 bits per heavy atom. The van der Waals surface area contributed by atoms with Gasteiger partial charge in [-0.05, 0) is 18.0 Å². The molecule has 0 spiro atoms. The molecule has 0 aromatic rings. The number of hydrogen-bond donors (Lipinski definition) is 1. The van der Waals surface area contributed by atoms with E-state index in [1.807, 2.05) is 0 Å². The van der Waals surface area contributed by atoms with Crippen LogP contribution in [-0.2, 0) is 0 Å². The van der Waals surface area contributed by atoms with E-state index in [9.17, 15) is 0 Å². The highest BCUT2D eigenvalue weighted by Gasteiger charge is 2.12. The van der Waals surface area contributed by atoms with Gasteiger partial charge in [0.25, 0.3) is 0 Å². The fourth-order valence-corrected chi connectivity index (χ4v) is 3.87. The molecule has 0 heterocycles. The summed E-state index contributed by atoms with van der Waals surface area (Å²) in [5.41, 5.74) is 3.33. The Kier molecular flexibility index (Phi) is 7.29. The van der Waals surface area contributed by atoms with Crippen LogP contribution in [0.4, 0.5) is 0 Å². The molecule has 78 valence electrons. The zero-order chi connectivity index (χ0) is 10.3. The van der Waals surface area contributed by atoms with Gasteiger partial charge >= 0.3 is 0 Å². The van der Waals surface area contributed by atoms with Crippen LogP contribution < -0.4 is 4.98 Å². The number of hydrogen-bond acceptors (Lipinski definition) is 1. The molecule has 0 amide bonds. The second-order valence-electron chi connectivity index (χ2n) is 4.10. The van der Waals surface area contributed by atoms with Crippen LogP contribution in [0, 0.1) is 5.92 Å². The molecule has 0 radical (unpaired) electrons. The molecule has 0 fully saturated rings. The van der Waals surface area contributed by atoms with E-state index in [2.05, 4.69) is 51.4 Å². The Morgan fingerprint density at radius 1 is 1.23 bits per heavy atom. The largest absolute Gasteiger partial charge is 0.337 e. The average Bonchev–Trinajstić information content (AvgIpc) is 2.10. The van der Waals surface area contributed by atoms with Crippen molar-refractivity contribution in [2.24, 2.45) is 5.92 Å². The minimum atomic E-state index is -0.815. The maximum absolute atomic E-state index is 3.64. The number of allylic oxidation sites excluding steroid dienone is 1. The summed E-state index contributed by atoms with van der Waals surface area (Å²) >= 11 is 0. The summed E-state index contributed by atoms with van der Waals surface area (Å²) in [5, 5.41) is 0. The molecule has 0 saturated carbocycles. The first-order valence-electron chi connectivity index (χ1n) is 5.53. The first-order chi connectivity index (χ1) is 6.11. The van der Waals surface area contributed by atoms with E-state index >= 15 is 0 Å². The highest BCUT2D eigenvalue weighted by molar-refractivity contribution is 6.63. The van der Waals surface area contributed by atoms with Gasteiger partial charge in [0.15, 0.2) is 0 Å². The van der Waals surface area contributed by atoms with Crippen LogP contribution in [0.15, 0.2) is 11.8 Å². The van der Waals surface area contributed by atoms with Crippen molar-refractivity contribution in [1.29, 1.82) is 0 Å². The molecule has 2 heteroatoms. The zero-order valence-corrected chi connectivity index (χ0v) is 11.0. The molecule has 0 bridgehead atoms. The van der Waals surface area contributed by atoms with Gasteiger partial charge in [-0.1, -0.05) is 52.8 Å². The summed E-state index contributed by atoms with van der Waals surface area (Å²) in [4.78, 5) is 3.64. The molecule has 2 atom stereocenters. The van der Waals surface area contributed by atoms with Gasteiger partial charge < -0.3 is 4.98 Å². The van der Waals surface area contributed by atoms with Gasteiger partial charge in [0, 0.05) is 0 Å². The monoisotopic (exact) mass is 199 g/mol. The van der Waals surface area contributed by atoms with Crippen LogP contribution >= 0.6 is 0 Å². The van der Waals surface area contributed by atoms with Crippen molar-refractivity contribution in [2.75, 3.05) is 6.54 Å². The third-order valence-electron chi connectivity index (χ3n) is 2.40. The van der Waals surface area contributed by atoms with E-state index in [1.54, 1.807) is 0 Å². The van der Waals surface area contributed by atoms with Crippen LogP contribution in [0.25, 0.3) is 0 Å². The summed E-state index contributed by atoms with van der Waals surface area (Å²) < 4.78 is 0. The third kappa shape index (κ3) is 6.05. The van der Waals surface area contributed by atoms with Crippen LogP contribution in [0.5, 0.6) is 0 Å². The van der Waals surface area contributed by atoms with Crippen molar-refractivity contribution in [3.05, 3.63) is 11.8 Å². The van der Waals surface area contributed by atoms with Crippen LogP contribution in [0.2, 0.25) is 5.54 Å². The van der Waals surface area contributed by atoms with Gasteiger partial charge in [-0.15, -0.1) is 0 Å². The standard InChI is InChI=1S/C11H25NSi/c1-6-11(5)13(12-7-2)9-8-10(3)4/h8-13H,6-7H2,1-5H3. The van der Waals surface area contributed by atoms with Gasteiger partial charge in [0.2, 0.25) is 0 Å². The summed E-state index contributed by atoms with van der Waals surface area (Å²) in [6, 6.07) is 0. The van der Waals surface area contributed by atoms with Crippen molar-refractivity contribution >= 4 is 8.96 Å². The van der Waals surface area contributed by atoms with Gasteiger partial charge in [0.1, 0.15) is 8.96 Å². The first kappa shape index (κ1) is 12.9. The van der Waals surface area contributed by atoms with E-state index in [0.717, 1.165) is 12.1 Å². The Bertz CT molecular complexity index is 143. The second-order valence-corrected chi connectivity index (χ2v) is 7.08. The van der Waals surface area contributed by atoms with E-state index in [-0.39, 0.29) is 0 Å². The molecular weight excluding hydrogens is 174 g/mol. The smallest absolute Gasteiger partial charge is 0.136 e. The van der Waals surface area contributed by atoms with Crippen LogP contribution in [0.1, 0.15) is 41.0 Å². The maximum atomic E-state index is 3.64. The summed E-state index contributed by atoms with van der Waals surface area (Å²) in [7, 11) is -0.815. The summed E-state index contributed by atoms with van der Waals surface area (Å²) in [6.07, 6.45) is 3.65. The Morgan fingerprint density at radius 3 is 2.23 bits per heavy atom. The molecule has 0 aliphatic heterocycles. The van der Waals surface area contributed by atoms with Gasteiger partial charge in [-0.2, -0.15) is 0 Å². The highest BCUT2D eigenvalue weighted by atomic mass is 28.3. The van der Waals surface area contributed by atoms with Crippen LogP contribution in [0.3, 0.4) is 0 Å². The topological polar surface area (TPSA) is 12.0 Å². The second kappa shape index (κ2) is 7.33. The third-order valence-corrected chi connectivity index (χ3v) is 5.61. The lowest BCUT2D eigenvalue weighted by atomic mass is 10.2. The van der Waals surface area contributed by atoms with Crippen molar-refractivity contribution in [3.63, 3.8) is 0 Å². The number of rotatable bonds is 6. The summed E-state index contributed by atoms with van der Waals surface area (Å²) in [5.74, 6) is 0.692. The zero-order valence-electron chi connectivity index (χ0n) is 9.80. The molecule has 0 saturated heterocycles. The van der Waals surface area contributed by atoms with E-state index in [1.165, 1.54) is 6.42 Å². The van der Waals surface area contributed by atoms with Gasteiger partial charge in [-0.3, -0.25) is 0 Å². The molecule has 0 aliphatic carbocycles. The Labute approximate surface area is 85.3 Å². The lowest BCUT2D eigenvalue weighted by Crippen LogP contribution is -2.35. The van der Waals surface area contributed by atoms with Crippen molar-refractivity contribution in [2.45, 2.75) is 46.6 Å². The van der Waals surface area contributed by atoms with E-state index in [4.69, 9.17) is 0 Å². The van der Waals surface area contributed by atoms with Crippen molar-refractivity contribution < 1.29 is 0 Å². The predicted molar refractivity (Wildman–Crippen MR) is 64.5 cm³/mol. The minimum absolute atomic E-state index is 0.692. The minimum Gasteiger partial charge on any atom is -0.337 e. The van der Waals surface area contributed by atoms with Gasteiger partial charge in [0.05, 0.1) is 0 Å². The molecule has 13 heavy (non-hydrogen) atoms. The fraction of sp³-hybridized carbons (Fsp3) is 0.818. The molecule has 0 aromatic carbocycles. The van der Waals surface area contributed by atoms with Crippen molar-refractivity contribution in [3.8, 4) is 0 Å². The SMILES string of the molecule is CCN[SiH](C=CC(C)C)C(C)CC. The fourth-order valence-electron chi connectivity index (χ4n) is 1.29. The molecule has 0 aliphatic rings. The van der Waals surface area contributed by atoms with Crippen molar-refractivity contribution in [1.82, 2.24) is 4.98 Å². The number of nitrogens with one attached hydrogen (secondary N) is 1. The summed E-state index contributed by atoms with van der Waals surface area (Å²) in [6.45, 7) is 12.4. The van der Waals surface area contributed by atoms with E-state index in [0.29, 0.717) is 5.92 Å².